The molecule has 53 heavy (non-hydrogen) atoms. The minimum Gasteiger partial charge on any atom is -0.419 e. The molecule has 0 aliphatic carbocycles. The van der Waals surface area contributed by atoms with Crippen LogP contribution in [0.1, 0.15) is 0 Å². The molecule has 0 saturated heterocycles. The summed E-state index contributed by atoms with van der Waals surface area (Å²) in [4.78, 5) is 0. The molecular weight excluding hydrogens is 725 g/mol. The van der Waals surface area contributed by atoms with Crippen LogP contribution >= 0.6 is 0 Å². The van der Waals surface area contributed by atoms with E-state index >= 15 is 0 Å². The normalized spacial score (nSPS) is 12.9. The number of hydrogen-bond donors (Lipinski definition) is 0. The lowest BCUT2D eigenvalue weighted by Crippen LogP contribution is -2.78. The fraction of sp³-hybridized carbons (Fsp3) is 0.130. The Kier molecular flexibility index (Phi) is 12.6. The second-order valence-corrected chi connectivity index (χ2v) is 33.5. The van der Waals surface area contributed by atoms with Crippen molar-refractivity contribution in [3.05, 3.63) is 205 Å². The van der Waals surface area contributed by atoms with E-state index in [-0.39, 0.29) is 0 Å². The Labute approximate surface area is 323 Å². The van der Waals surface area contributed by atoms with E-state index in [0.717, 1.165) is 16.4 Å². The summed E-state index contributed by atoms with van der Waals surface area (Å²) < 4.78 is 17.0. The summed E-state index contributed by atoms with van der Waals surface area (Å²) in [6, 6.07) is 66.8. The highest BCUT2D eigenvalue weighted by atomic mass is 28.5. The molecule has 0 aliphatic rings. The van der Waals surface area contributed by atoms with E-state index in [2.05, 4.69) is 238 Å². The number of rotatable bonds is 15. The first-order valence-electron chi connectivity index (χ1n) is 18.8. The molecule has 0 heterocycles. The van der Waals surface area contributed by atoms with Crippen molar-refractivity contribution in [1.29, 1.82) is 0 Å². The molecule has 0 aromatic heterocycles. The highest BCUT2D eigenvalue weighted by Gasteiger charge is 2.56. The third-order valence-electron chi connectivity index (χ3n) is 9.51. The SMILES string of the molecule is C[SiH](C)CC=C[Si](O[Si](O[Si](C=C[Si](C)(C)C)(c1ccccc1)c1ccccc1)(c1ccccc1)c1ccccc1)(c1ccccc1)c1ccccc1. The van der Waals surface area contributed by atoms with Gasteiger partial charge in [0.1, 0.15) is 0 Å². The molecular formula is C46H52O2Si5. The van der Waals surface area contributed by atoms with Gasteiger partial charge in [-0.2, -0.15) is 0 Å². The Bertz CT molecular complexity index is 1930. The first-order valence-corrected chi connectivity index (χ1v) is 31.3. The van der Waals surface area contributed by atoms with E-state index in [0.29, 0.717) is 0 Å². The minimum atomic E-state index is -3.68. The second-order valence-electron chi connectivity index (χ2n) is 15.2. The summed E-state index contributed by atoms with van der Waals surface area (Å²) in [5, 5.41) is 7.05. The number of benzene rings is 6. The Balaban J connectivity index is 1.77. The quantitative estimate of drug-likeness (QED) is 0.102. The Morgan fingerprint density at radius 2 is 0.679 bits per heavy atom. The second kappa shape index (κ2) is 17.3. The summed E-state index contributed by atoms with van der Waals surface area (Å²) in [5.41, 5.74) is 7.48. The first kappa shape index (κ1) is 38.5. The van der Waals surface area contributed by atoms with Crippen LogP contribution < -0.4 is 31.1 Å². The van der Waals surface area contributed by atoms with Gasteiger partial charge in [0.15, 0.2) is 0 Å². The summed E-state index contributed by atoms with van der Waals surface area (Å²) in [6.07, 6.45) is 2.43. The smallest absolute Gasteiger partial charge is 0.387 e. The molecule has 7 heteroatoms. The predicted octanol–water partition coefficient (Wildman–Crippen LogP) is 7.35. The van der Waals surface area contributed by atoms with Crippen LogP contribution in [0, 0.1) is 0 Å². The summed E-state index contributed by atoms with van der Waals surface area (Å²) in [7, 11) is -12.7. The Morgan fingerprint density at radius 1 is 0.396 bits per heavy atom. The molecule has 0 saturated carbocycles. The number of hydrogen-bond acceptors (Lipinski definition) is 2. The lowest BCUT2D eigenvalue weighted by atomic mass is 10.4. The van der Waals surface area contributed by atoms with E-state index in [4.69, 9.17) is 8.23 Å². The van der Waals surface area contributed by atoms with Crippen LogP contribution in [0.4, 0.5) is 0 Å². The van der Waals surface area contributed by atoms with E-state index in [9.17, 15) is 0 Å². The molecule has 0 bridgehead atoms. The summed E-state index contributed by atoms with van der Waals surface area (Å²) in [5.74, 6) is 0. The van der Waals surface area contributed by atoms with E-state index < -0.39 is 42.1 Å². The fourth-order valence-electron chi connectivity index (χ4n) is 6.83. The fourth-order valence-corrected chi connectivity index (χ4v) is 25.5. The average molecular weight is 777 g/mol. The summed E-state index contributed by atoms with van der Waals surface area (Å²) >= 11 is 0. The third-order valence-corrected chi connectivity index (χ3v) is 25.4. The maximum absolute atomic E-state index is 8.49. The van der Waals surface area contributed by atoms with Gasteiger partial charge in [-0.25, -0.2) is 0 Å². The molecule has 0 spiro atoms. The topological polar surface area (TPSA) is 18.5 Å². The molecule has 0 radical (unpaired) electrons. The maximum atomic E-state index is 8.49. The molecule has 0 N–H and O–H groups in total. The van der Waals surface area contributed by atoms with Crippen molar-refractivity contribution in [3.8, 4) is 0 Å². The molecule has 0 amide bonds. The van der Waals surface area contributed by atoms with Gasteiger partial charge in [0.2, 0.25) is 0 Å². The van der Waals surface area contributed by atoms with Gasteiger partial charge >= 0.3 is 8.56 Å². The third kappa shape index (κ3) is 8.96. The van der Waals surface area contributed by atoms with Gasteiger partial charge in [0.25, 0.3) is 16.6 Å². The van der Waals surface area contributed by atoms with Crippen LogP contribution in [0.2, 0.25) is 38.8 Å². The van der Waals surface area contributed by atoms with Gasteiger partial charge < -0.3 is 8.23 Å². The molecule has 268 valence electrons. The lowest BCUT2D eigenvalue weighted by Gasteiger charge is -2.46. The van der Waals surface area contributed by atoms with Crippen LogP contribution in [0.3, 0.4) is 0 Å². The van der Waals surface area contributed by atoms with Crippen LogP contribution in [-0.2, 0) is 8.23 Å². The molecule has 0 unspecified atom stereocenters. The monoisotopic (exact) mass is 776 g/mol. The Hall–Kier alpha value is -4.20. The van der Waals surface area contributed by atoms with E-state index in [1.165, 1.54) is 20.7 Å². The van der Waals surface area contributed by atoms with Crippen LogP contribution in [0.5, 0.6) is 0 Å². The van der Waals surface area contributed by atoms with Crippen molar-refractivity contribution in [2.75, 3.05) is 0 Å². The van der Waals surface area contributed by atoms with E-state index in [1.807, 2.05) is 0 Å². The highest BCUT2D eigenvalue weighted by Crippen LogP contribution is 2.26. The molecule has 6 aromatic carbocycles. The number of allylic oxidation sites excluding steroid dienone is 1. The van der Waals surface area contributed by atoms with Gasteiger partial charge in [-0.3, -0.25) is 0 Å². The zero-order valence-electron chi connectivity index (χ0n) is 31.7. The van der Waals surface area contributed by atoms with Crippen molar-refractivity contribution in [2.45, 2.75) is 38.8 Å². The minimum absolute atomic E-state index is 0.901. The Morgan fingerprint density at radius 3 is 0.962 bits per heavy atom. The molecule has 0 fully saturated rings. The van der Waals surface area contributed by atoms with Crippen molar-refractivity contribution in [1.82, 2.24) is 0 Å². The average Bonchev–Trinajstić information content (AvgIpc) is 3.20. The molecule has 6 aromatic rings. The van der Waals surface area contributed by atoms with Crippen molar-refractivity contribution in [2.24, 2.45) is 0 Å². The molecule has 6 rings (SSSR count). The van der Waals surface area contributed by atoms with Gasteiger partial charge in [-0.1, -0.05) is 238 Å². The van der Waals surface area contributed by atoms with Crippen LogP contribution in [-0.4, -0.2) is 42.1 Å². The molecule has 0 atom stereocenters. The van der Waals surface area contributed by atoms with Crippen molar-refractivity contribution in [3.63, 3.8) is 0 Å². The van der Waals surface area contributed by atoms with Crippen molar-refractivity contribution >= 4 is 73.2 Å². The largest absolute Gasteiger partial charge is 0.419 e. The van der Waals surface area contributed by atoms with Crippen LogP contribution in [0.15, 0.2) is 205 Å². The maximum Gasteiger partial charge on any atom is 0.387 e. The lowest BCUT2D eigenvalue weighted by molar-refractivity contribution is 0.429. The standard InChI is InChI=1S/C46H52O2Si5/c1-49(2)37-24-38-51(41-25-12-6-13-26-41,42-27-14-7-15-28-42)47-53(45-33-20-10-21-34-45,46-35-22-11-23-36-46)48-52(40-39-50(3,4)5,43-29-16-8-17-30-43)44-31-18-9-19-32-44/h6-36,38-40,49H,37H2,1-5H3. The summed E-state index contributed by atoms with van der Waals surface area (Å²) in [6.45, 7) is 12.0. The van der Waals surface area contributed by atoms with Gasteiger partial charge in [-0.05, 0) is 37.2 Å². The first-order chi connectivity index (χ1) is 25.7. The highest BCUT2D eigenvalue weighted by molar-refractivity contribution is 7.14. The van der Waals surface area contributed by atoms with Gasteiger partial charge in [0, 0.05) is 8.80 Å². The van der Waals surface area contributed by atoms with Gasteiger partial charge in [-0.15, -0.1) is 0 Å². The predicted molar refractivity (Wildman–Crippen MR) is 241 cm³/mol. The van der Waals surface area contributed by atoms with Crippen LogP contribution in [0.25, 0.3) is 0 Å². The van der Waals surface area contributed by atoms with E-state index in [1.54, 1.807) is 0 Å². The zero-order valence-corrected chi connectivity index (χ0v) is 36.9. The van der Waals surface area contributed by atoms with Gasteiger partial charge in [0.05, 0.1) is 8.07 Å². The molecule has 2 nitrogen and oxygen atoms in total. The molecule has 0 aliphatic heterocycles. The zero-order chi connectivity index (χ0) is 37.2. The van der Waals surface area contributed by atoms with Crippen molar-refractivity contribution < 1.29 is 8.23 Å².